The smallest absolute Gasteiger partial charge is 0.325 e. The molecule has 2 aliphatic rings. The molecule has 0 spiro atoms. The van der Waals surface area contributed by atoms with Gasteiger partial charge in [0.05, 0.1) is 19.3 Å². The second-order valence-corrected chi connectivity index (χ2v) is 9.05. The molecule has 0 radical (unpaired) electrons. The number of amides is 4. The van der Waals surface area contributed by atoms with Gasteiger partial charge in [-0.05, 0) is 53.9 Å². The molecule has 0 saturated carbocycles. The molecule has 0 unspecified atom stereocenters. The van der Waals surface area contributed by atoms with E-state index in [4.69, 9.17) is 9.47 Å². The highest BCUT2D eigenvalue weighted by Gasteiger charge is 2.49. The van der Waals surface area contributed by atoms with Crippen molar-refractivity contribution in [3.63, 3.8) is 0 Å². The first-order chi connectivity index (χ1) is 16.8. The summed E-state index contributed by atoms with van der Waals surface area (Å²) in [6.07, 6.45) is 0.761. The fraction of sp³-hybridized carbons (Fsp3) is 0.296. The van der Waals surface area contributed by atoms with E-state index in [2.05, 4.69) is 10.6 Å². The first-order valence-electron chi connectivity index (χ1n) is 11.7. The van der Waals surface area contributed by atoms with Crippen LogP contribution in [0.5, 0.6) is 11.5 Å². The molecule has 0 bridgehead atoms. The Morgan fingerprint density at radius 3 is 2.57 bits per heavy atom. The van der Waals surface area contributed by atoms with Crippen LogP contribution >= 0.6 is 0 Å². The zero-order chi connectivity index (χ0) is 24.6. The van der Waals surface area contributed by atoms with Crippen LogP contribution in [0.3, 0.4) is 0 Å². The van der Waals surface area contributed by atoms with Gasteiger partial charge in [-0.15, -0.1) is 0 Å². The quantitative estimate of drug-likeness (QED) is 0.552. The Morgan fingerprint density at radius 1 is 1.03 bits per heavy atom. The van der Waals surface area contributed by atoms with Crippen molar-refractivity contribution in [3.05, 3.63) is 71.8 Å². The molecular formula is C27H27N3O5. The summed E-state index contributed by atoms with van der Waals surface area (Å²) >= 11 is 0. The van der Waals surface area contributed by atoms with Crippen LogP contribution in [-0.2, 0) is 15.1 Å². The Balaban J connectivity index is 1.29. The lowest BCUT2D eigenvalue weighted by molar-refractivity contribution is -0.135. The number of rotatable bonds is 5. The number of nitrogens with zero attached hydrogens (tertiary/aromatic N) is 1. The van der Waals surface area contributed by atoms with E-state index in [1.807, 2.05) is 49.4 Å². The van der Waals surface area contributed by atoms with Crippen molar-refractivity contribution in [3.8, 4) is 11.5 Å². The van der Waals surface area contributed by atoms with Crippen molar-refractivity contribution >= 4 is 28.6 Å². The summed E-state index contributed by atoms with van der Waals surface area (Å²) in [5.41, 5.74) is 0.185. The molecule has 8 nitrogen and oxygen atoms in total. The second kappa shape index (κ2) is 8.94. The molecule has 3 aromatic carbocycles. The summed E-state index contributed by atoms with van der Waals surface area (Å²) in [5.74, 6) is 0.219. The third kappa shape index (κ3) is 4.27. The van der Waals surface area contributed by atoms with E-state index >= 15 is 0 Å². The molecule has 4 amide bonds. The van der Waals surface area contributed by atoms with Crippen molar-refractivity contribution < 1.29 is 23.9 Å². The molecule has 0 aromatic heterocycles. The van der Waals surface area contributed by atoms with Gasteiger partial charge >= 0.3 is 6.03 Å². The van der Waals surface area contributed by atoms with E-state index < -0.39 is 23.4 Å². The van der Waals surface area contributed by atoms with Gasteiger partial charge in [-0.25, -0.2) is 4.79 Å². The lowest BCUT2D eigenvalue weighted by Crippen LogP contribution is -2.43. The maximum Gasteiger partial charge on any atom is 0.325 e. The second-order valence-electron chi connectivity index (χ2n) is 9.05. The fourth-order valence-corrected chi connectivity index (χ4v) is 4.50. The number of carbonyl (C=O) groups excluding carboxylic acids is 3. The maximum atomic E-state index is 13.3. The molecule has 8 heteroatoms. The summed E-state index contributed by atoms with van der Waals surface area (Å²) in [6.45, 7) is 4.19. The fourth-order valence-electron chi connectivity index (χ4n) is 4.50. The van der Waals surface area contributed by atoms with Gasteiger partial charge in [0.2, 0.25) is 5.91 Å². The van der Waals surface area contributed by atoms with Crippen LogP contribution in [0, 0.1) is 0 Å². The van der Waals surface area contributed by atoms with Crippen LogP contribution in [0.25, 0.3) is 10.8 Å². The number of carbonyl (C=O) groups is 3. The van der Waals surface area contributed by atoms with Crippen LogP contribution < -0.4 is 20.1 Å². The van der Waals surface area contributed by atoms with Gasteiger partial charge in [0.25, 0.3) is 5.91 Å². The number of ether oxygens (including phenoxy) is 2. The molecule has 5 rings (SSSR count). The summed E-state index contributed by atoms with van der Waals surface area (Å²) in [6, 6.07) is 18.3. The average molecular weight is 474 g/mol. The lowest BCUT2D eigenvalue weighted by Gasteiger charge is -2.23. The Bertz CT molecular complexity index is 1320. The number of urea groups is 1. The van der Waals surface area contributed by atoms with Crippen molar-refractivity contribution in [2.45, 2.75) is 31.8 Å². The highest BCUT2D eigenvalue weighted by atomic mass is 16.5. The molecule has 1 saturated heterocycles. The van der Waals surface area contributed by atoms with Gasteiger partial charge in [-0.2, -0.15) is 0 Å². The maximum absolute atomic E-state index is 13.3. The summed E-state index contributed by atoms with van der Waals surface area (Å²) in [5, 5.41) is 7.82. The first kappa shape index (κ1) is 22.7. The Morgan fingerprint density at radius 2 is 1.77 bits per heavy atom. The molecule has 1 fully saturated rings. The first-order valence-corrected chi connectivity index (χ1v) is 11.7. The predicted molar refractivity (Wildman–Crippen MR) is 130 cm³/mol. The minimum atomic E-state index is -1.31. The zero-order valence-electron chi connectivity index (χ0n) is 19.7. The van der Waals surface area contributed by atoms with E-state index in [-0.39, 0.29) is 12.6 Å². The number of benzene rings is 3. The molecule has 3 aromatic rings. The molecule has 35 heavy (non-hydrogen) atoms. The number of nitrogens with one attached hydrogen (secondary N) is 2. The van der Waals surface area contributed by atoms with Gasteiger partial charge in [-0.3, -0.25) is 14.5 Å². The highest BCUT2D eigenvalue weighted by Crippen LogP contribution is 2.36. The summed E-state index contributed by atoms with van der Waals surface area (Å²) in [4.78, 5) is 39.8. The van der Waals surface area contributed by atoms with Crippen LogP contribution in [0.15, 0.2) is 60.7 Å². The number of hydrogen-bond acceptors (Lipinski definition) is 5. The molecule has 180 valence electrons. The lowest BCUT2D eigenvalue weighted by atomic mass is 9.91. The molecular weight excluding hydrogens is 446 g/mol. The van der Waals surface area contributed by atoms with Gasteiger partial charge < -0.3 is 20.1 Å². The predicted octanol–water partition coefficient (Wildman–Crippen LogP) is 3.65. The molecule has 2 aliphatic heterocycles. The van der Waals surface area contributed by atoms with Crippen molar-refractivity contribution in [1.29, 1.82) is 0 Å². The monoisotopic (exact) mass is 473 g/mol. The van der Waals surface area contributed by atoms with Crippen LogP contribution in [0.1, 0.15) is 37.4 Å². The third-order valence-corrected chi connectivity index (χ3v) is 6.55. The normalized spacial score (nSPS) is 20.3. The van der Waals surface area contributed by atoms with Gasteiger partial charge in [0.15, 0.2) is 11.5 Å². The van der Waals surface area contributed by atoms with Crippen molar-refractivity contribution in [1.82, 2.24) is 15.5 Å². The minimum absolute atomic E-state index is 0.291. The van der Waals surface area contributed by atoms with Crippen molar-refractivity contribution in [2.24, 2.45) is 0 Å². The third-order valence-electron chi connectivity index (χ3n) is 6.55. The number of fused-ring (bicyclic) bond motifs is 2. The molecule has 0 aliphatic carbocycles. The SMILES string of the molecule is C[C@H](NC(=O)CN1C(=O)N[C@@](C)(c2ccc3c(c2)OCCCO3)C1=O)c1ccc2ccccc2c1. The summed E-state index contributed by atoms with van der Waals surface area (Å²) < 4.78 is 11.4. The number of hydrogen-bond donors (Lipinski definition) is 2. The van der Waals surface area contributed by atoms with E-state index in [0.29, 0.717) is 30.3 Å². The van der Waals surface area contributed by atoms with Crippen LogP contribution in [0.4, 0.5) is 4.79 Å². The average Bonchev–Trinajstić information content (AvgIpc) is 3.01. The number of imide groups is 1. The molecule has 2 atom stereocenters. The molecule has 2 heterocycles. The van der Waals surface area contributed by atoms with Gasteiger partial charge in [0.1, 0.15) is 12.1 Å². The Labute approximate surface area is 203 Å². The largest absolute Gasteiger partial charge is 0.490 e. The van der Waals surface area contributed by atoms with E-state index in [0.717, 1.165) is 27.7 Å². The Hall–Kier alpha value is -4.07. The topological polar surface area (TPSA) is 97.0 Å². The van der Waals surface area contributed by atoms with Gasteiger partial charge in [-0.1, -0.05) is 42.5 Å². The van der Waals surface area contributed by atoms with Crippen LogP contribution in [0.2, 0.25) is 0 Å². The molecule has 2 N–H and O–H groups in total. The van der Waals surface area contributed by atoms with E-state index in [1.54, 1.807) is 25.1 Å². The van der Waals surface area contributed by atoms with E-state index in [1.165, 1.54) is 0 Å². The minimum Gasteiger partial charge on any atom is -0.490 e. The highest BCUT2D eigenvalue weighted by molar-refractivity contribution is 6.09. The standard InChI is InChI=1S/C27H27N3O5/c1-17(19-9-8-18-6-3-4-7-20(18)14-19)28-24(31)16-30-25(32)27(2,29-26(30)33)21-10-11-22-23(15-21)35-13-5-12-34-22/h3-4,6-11,14-15,17H,5,12-13,16H2,1-2H3,(H,28,31)(H,29,33)/t17-,27-/m0/s1. The van der Waals surface area contributed by atoms with Gasteiger partial charge in [0, 0.05) is 6.42 Å². The van der Waals surface area contributed by atoms with Crippen molar-refractivity contribution in [2.75, 3.05) is 19.8 Å². The zero-order valence-corrected chi connectivity index (χ0v) is 19.7. The van der Waals surface area contributed by atoms with E-state index in [9.17, 15) is 14.4 Å². The summed E-state index contributed by atoms with van der Waals surface area (Å²) in [7, 11) is 0. The Kier molecular flexibility index (Phi) is 5.80. The van der Waals surface area contributed by atoms with Crippen LogP contribution in [-0.4, -0.2) is 42.5 Å².